The van der Waals surface area contributed by atoms with Gasteiger partial charge in [0.25, 0.3) is 0 Å². The largest absolute Gasteiger partial charge is 0.494 e. The zero-order valence-electron chi connectivity index (χ0n) is 13.4. The smallest absolute Gasteiger partial charge is 0.197 e. The minimum Gasteiger partial charge on any atom is -0.494 e. The Balaban J connectivity index is 1.56. The van der Waals surface area contributed by atoms with Crippen molar-refractivity contribution in [2.45, 2.75) is 18.3 Å². The number of methoxy groups -OCH3 is 1. The van der Waals surface area contributed by atoms with Crippen molar-refractivity contribution in [1.82, 2.24) is 19.9 Å². The van der Waals surface area contributed by atoms with Gasteiger partial charge in [-0.3, -0.25) is 0 Å². The van der Waals surface area contributed by atoms with Crippen molar-refractivity contribution in [3.05, 3.63) is 64.2 Å². The highest BCUT2D eigenvalue weighted by atomic mass is 35.5. The number of nitrogens with zero attached hydrogens (tertiary/aromatic N) is 4. The standard InChI is InChI=1S/C18H14Cl2N4O/c1-25-16-14(19)4-3-11(15(16)20)13-7-12(13)10-8-23-18(24-9-10)17-21-5-2-6-22-17/h2-6,8-9,12-13H,7H2,1H3. The predicted octanol–water partition coefficient (Wildman–Crippen LogP) is 4.52. The van der Waals surface area contributed by atoms with Crippen LogP contribution in [0, 0.1) is 0 Å². The Bertz CT molecular complexity index is 903. The fraction of sp³-hybridized carbons (Fsp3) is 0.222. The maximum Gasteiger partial charge on any atom is 0.197 e. The van der Waals surface area contributed by atoms with Crippen molar-refractivity contribution < 1.29 is 4.74 Å². The molecule has 5 nitrogen and oxygen atoms in total. The van der Waals surface area contributed by atoms with Gasteiger partial charge in [0.2, 0.25) is 0 Å². The van der Waals surface area contributed by atoms with Gasteiger partial charge in [-0.1, -0.05) is 29.3 Å². The van der Waals surface area contributed by atoms with E-state index >= 15 is 0 Å². The number of rotatable bonds is 4. The lowest BCUT2D eigenvalue weighted by molar-refractivity contribution is 0.414. The maximum atomic E-state index is 6.45. The van der Waals surface area contributed by atoms with Gasteiger partial charge in [-0.2, -0.15) is 0 Å². The first-order valence-electron chi connectivity index (χ1n) is 7.80. The summed E-state index contributed by atoms with van der Waals surface area (Å²) in [6.45, 7) is 0. The summed E-state index contributed by atoms with van der Waals surface area (Å²) >= 11 is 12.6. The van der Waals surface area contributed by atoms with Crippen LogP contribution in [0.5, 0.6) is 5.75 Å². The first-order valence-corrected chi connectivity index (χ1v) is 8.56. The third-order valence-corrected chi connectivity index (χ3v) is 5.03. The summed E-state index contributed by atoms with van der Waals surface area (Å²) in [5, 5.41) is 1.10. The average molecular weight is 373 g/mol. The number of hydrogen-bond acceptors (Lipinski definition) is 5. The fourth-order valence-electron chi connectivity index (χ4n) is 2.99. The van der Waals surface area contributed by atoms with E-state index < -0.39 is 0 Å². The molecule has 0 N–H and O–H groups in total. The van der Waals surface area contributed by atoms with Crippen molar-refractivity contribution in [3.8, 4) is 17.4 Å². The van der Waals surface area contributed by atoms with Gasteiger partial charge in [0.05, 0.1) is 17.2 Å². The molecule has 0 radical (unpaired) electrons. The van der Waals surface area contributed by atoms with Crippen molar-refractivity contribution in [2.24, 2.45) is 0 Å². The number of benzene rings is 1. The molecule has 0 spiro atoms. The fourth-order valence-corrected chi connectivity index (χ4v) is 3.65. The molecule has 1 fully saturated rings. The summed E-state index contributed by atoms with van der Waals surface area (Å²) in [4.78, 5) is 17.1. The lowest BCUT2D eigenvalue weighted by Crippen LogP contribution is -1.96. The molecular formula is C18H14Cl2N4O. The zero-order valence-corrected chi connectivity index (χ0v) is 14.9. The summed E-state index contributed by atoms with van der Waals surface area (Å²) in [6, 6.07) is 5.55. The van der Waals surface area contributed by atoms with Crippen molar-refractivity contribution in [1.29, 1.82) is 0 Å². The van der Waals surface area contributed by atoms with Gasteiger partial charge in [0, 0.05) is 24.8 Å². The molecule has 0 saturated heterocycles. The average Bonchev–Trinajstić information content (AvgIpc) is 3.44. The minimum atomic E-state index is 0.320. The Morgan fingerprint density at radius 1 is 0.960 bits per heavy atom. The van der Waals surface area contributed by atoms with Crippen LogP contribution in [-0.2, 0) is 0 Å². The summed E-state index contributed by atoms with van der Waals surface area (Å²) in [6.07, 6.45) is 8.02. The highest BCUT2D eigenvalue weighted by Gasteiger charge is 2.41. The molecule has 25 heavy (non-hydrogen) atoms. The molecule has 7 heteroatoms. The molecular weight excluding hydrogens is 359 g/mol. The van der Waals surface area contributed by atoms with E-state index in [2.05, 4.69) is 19.9 Å². The molecule has 1 aliphatic rings. The molecule has 2 heterocycles. The Morgan fingerprint density at radius 2 is 1.64 bits per heavy atom. The number of ether oxygens (including phenoxy) is 1. The SMILES string of the molecule is COc1c(Cl)ccc(C2CC2c2cnc(-c3ncccn3)nc2)c1Cl. The van der Waals surface area contributed by atoms with Gasteiger partial charge in [0.15, 0.2) is 17.4 Å². The molecule has 0 amide bonds. The molecule has 0 aliphatic heterocycles. The van der Waals surface area contributed by atoms with E-state index in [1.54, 1.807) is 25.6 Å². The van der Waals surface area contributed by atoms with Gasteiger partial charge in [-0.05, 0) is 41.5 Å². The first-order chi connectivity index (χ1) is 12.2. The van der Waals surface area contributed by atoms with Gasteiger partial charge in [0.1, 0.15) is 0 Å². The third-order valence-electron chi connectivity index (χ3n) is 4.34. The topological polar surface area (TPSA) is 60.8 Å². The molecule has 4 rings (SSSR count). The second-order valence-electron chi connectivity index (χ2n) is 5.84. The van der Waals surface area contributed by atoms with E-state index in [1.165, 1.54) is 0 Å². The monoisotopic (exact) mass is 372 g/mol. The Hall–Kier alpha value is -2.24. The summed E-state index contributed by atoms with van der Waals surface area (Å²) in [5.74, 6) is 2.23. The zero-order chi connectivity index (χ0) is 17.4. The minimum absolute atomic E-state index is 0.320. The van der Waals surface area contributed by atoms with E-state index in [1.807, 2.05) is 24.5 Å². The van der Waals surface area contributed by atoms with Crippen LogP contribution in [0.1, 0.15) is 29.4 Å². The van der Waals surface area contributed by atoms with E-state index in [0.717, 1.165) is 17.5 Å². The van der Waals surface area contributed by atoms with Crippen LogP contribution in [0.4, 0.5) is 0 Å². The number of aromatic nitrogens is 4. The van der Waals surface area contributed by atoms with Crippen LogP contribution < -0.4 is 4.74 Å². The quantitative estimate of drug-likeness (QED) is 0.673. The number of hydrogen-bond donors (Lipinski definition) is 0. The van der Waals surface area contributed by atoms with Gasteiger partial charge < -0.3 is 4.74 Å². The Labute approximate surface area is 155 Å². The van der Waals surface area contributed by atoms with Crippen LogP contribution >= 0.6 is 23.2 Å². The molecule has 1 aromatic carbocycles. The van der Waals surface area contributed by atoms with Crippen molar-refractivity contribution in [3.63, 3.8) is 0 Å². The summed E-state index contributed by atoms with van der Waals surface area (Å²) in [7, 11) is 1.57. The molecule has 3 aromatic rings. The second kappa shape index (κ2) is 6.58. The normalized spacial score (nSPS) is 18.8. The van der Waals surface area contributed by atoms with Crippen LogP contribution in [0.3, 0.4) is 0 Å². The third kappa shape index (κ3) is 3.05. The maximum absolute atomic E-state index is 6.45. The van der Waals surface area contributed by atoms with E-state index in [0.29, 0.717) is 39.3 Å². The number of halogens is 2. The van der Waals surface area contributed by atoms with Crippen LogP contribution in [0.25, 0.3) is 11.6 Å². The van der Waals surface area contributed by atoms with Crippen LogP contribution in [0.2, 0.25) is 10.0 Å². The lowest BCUT2D eigenvalue weighted by atomic mass is 10.1. The molecule has 1 aliphatic carbocycles. The highest BCUT2D eigenvalue weighted by Crippen LogP contribution is 2.57. The van der Waals surface area contributed by atoms with Crippen molar-refractivity contribution >= 4 is 23.2 Å². The lowest BCUT2D eigenvalue weighted by Gasteiger charge is -2.10. The van der Waals surface area contributed by atoms with Gasteiger partial charge in [-0.15, -0.1) is 0 Å². The Morgan fingerprint density at radius 3 is 2.32 bits per heavy atom. The molecule has 2 aromatic heterocycles. The summed E-state index contributed by atoms with van der Waals surface area (Å²) < 4.78 is 5.30. The molecule has 0 bridgehead atoms. The van der Waals surface area contributed by atoms with E-state index in [9.17, 15) is 0 Å². The van der Waals surface area contributed by atoms with E-state index in [-0.39, 0.29) is 0 Å². The molecule has 1 saturated carbocycles. The van der Waals surface area contributed by atoms with Crippen LogP contribution in [0.15, 0.2) is 43.0 Å². The van der Waals surface area contributed by atoms with Gasteiger partial charge in [-0.25, -0.2) is 19.9 Å². The second-order valence-corrected chi connectivity index (χ2v) is 6.63. The molecule has 126 valence electrons. The molecule has 2 unspecified atom stereocenters. The first kappa shape index (κ1) is 16.2. The van der Waals surface area contributed by atoms with Gasteiger partial charge >= 0.3 is 0 Å². The Kier molecular flexibility index (Phi) is 4.27. The van der Waals surface area contributed by atoms with Crippen molar-refractivity contribution in [2.75, 3.05) is 7.11 Å². The predicted molar refractivity (Wildman–Crippen MR) is 96.2 cm³/mol. The summed E-state index contributed by atoms with van der Waals surface area (Å²) in [5.41, 5.74) is 2.12. The van der Waals surface area contributed by atoms with Crippen LogP contribution in [-0.4, -0.2) is 27.0 Å². The highest BCUT2D eigenvalue weighted by molar-refractivity contribution is 6.37. The molecule has 2 atom stereocenters. The van der Waals surface area contributed by atoms with E-state index in [4.69, 9.17) is 27.9 Å².